The summed E-state index contributed by atoms with van der Waals surface area (Å²) in [4.78, 5) is 25.8. The Kier molecular flexibility index (Phi) is 8.12. The minimum Gasteiger partial charge on any atom is -0.479 e. The Balaban J connectivity index is 2.16. The number of rotatable bonds is 9. The maximum atomic E-state index is 13.2. The lowest BCUT2D eigenvalue weighted by Crippen LogP contribution is -2.49. The predicted octanol–water partition coefficient (Wildman–Crippen LogP) is 4.85. The number of hydrogen-bond donors (Lipinski definition) is 1. The molecule has 0 radical (unpaired) electrons. The van der Waals surface area contributed by atoms with E-state index in [2.05, 4.69) is 0 Å². The lowest BCUT2D eigenvalue weighted by Gasteiger charge is -2.32. The second-order valence-corrected chi connectivity index (χ2v) is 8.01. The summed E-state index contributed by atoms with van der Waals surface area (Å²) in [6.07, 6.45) is -0.690. The molecule has 1 atom stereocenters. The number of aliphatic carboxylic acids is 1. The zero-order valence-electron chi connectivity index (χ0n) is 17.3. The molecule has 30 heavy (non-hydrogen) atoms. The number of nitrogens with zero attached hydrogens (tertiary/aromatic N) is 1. The summed E-state index contributed by atoms with van der Waals surface area (Å²) in [6, 6.07) is 11.9. The topological polar surface area (TPSA) is 76.1 Å². The SMILES string of the molecule is CCN(C(=O)C(C)(C)Oc1ccc(C[C@H](OC)C(=O)O)cc1)c1ccc(Cl)cc1Cl. The van der Waals surface area contributed by atoms with E-state index in [1.165, 1.54) is 7.11 Å². The summed E-state index contributed by atoms with van der Waals surface area (Å²) < 4.78 is 10.9. The zero-order chi connectivity index (χ0) is 22.5. The van der Waals surface area contributed by atoms with E-state index in [4.69, 9.17) is 37.8 Å². The number of anilines is 1. The third-order valence-electron chi connectivity index (χ3n) is 4.55. The van der Waals surface area contributed by atoms with Gasteiger partial charge in [0.05, 0.1) is 10.7 Å². The van der Waals surface area contributed by atoms with Crippen molar-refractivity contribution in [3.05, 3.63) is 58.1 Å². The fourth-order valence-electron chi connectivity index (χ4n) is 2.97. The smallest absolute Gasteiger partial charge is 0.333 e. The lowest BCUT2D eigenvalue weighted by molar-refractivity contribution is -0.148. The molecule has 1 N–H and O–H groups in total. The van der Waals surface area contributed by atoms with Gasteiger partial charge < -0.3 is 19.5 Å². The van der Waals surface area contributed by atoms with E-state index < -0.39 is 17.7 Å². The highest BCUT2D eigenvalue weighted by atomic mass is 35.5. The molecule has 1 amide bonds. The number of benzene rings is 2. The molecule has 0 unspecified atom stereocenters. The number of halogens is 2. The highest BCUT2D eigenvalue weighted by Crippen LogP contribution is 2.31. The van der Waals surface area contributed by atoms with Gasteiger partial charge in [-0.05, 0) is 56.7 Å². The molecule has 2 rings (SSSR count). The molecule has 0 saturated carbocycles. The van der Waals surface area contributed by atoms with Gasteiger partial charge in [-0.3, -0.25) is 4.79 Å². The molecule has 0 aromatic heterocycles. The standard InChI is InChI=1S/C22H25Cl2NO5/c1-5-25(18-11-8-15(23)13-17(18)24)21(28)22(2,3)30-16-9-6-14(7-10-16)12-19(29-4)20(26)27/h6-11,13,19H,5,12H2,1-4H3,(H,26,27)/t19-/m0/s1. The predicted molar refractivity (Wildman–Crippen MR) is 118 cm³/mol. The van der Waals surface area contributed by atoms with Crippen LogP contribution in [0, 0.1) is 0 Å². The van der Waals surface area contributed by atoms with Crippen LogP contribution >= 0.6 is 23.2 Å². The van der Waals surface area contributed by atoms with Crippen molar-refractivity contribution < 1.29 is 24.2 Å². The van der Waals surface area contributed by atoms with E-state index >= 15 is 0 Å². The Morgan fingerprint density at radius 3 is 2.27 bits per heavy atom. The van der Waals surface area contributed by atoms with Crippen LogP contribution in [0.4, 0.5) is 5.69 Å². The van der Waals surface area contributed by atoms with Crippen LogP contribution in [0.2, 0.25) is 10.0 Å². The summed E-state index contributed by atoms with van der Waals surface area (Å²) in [5.74, 6) is -0.798. The van der Waals surface area contributed by atoms with Crippen molar-refractivity contribution in [2.45, 2.75) is 38.9 Å². The number of methoxy groups -OCH3 is 1. The first-order valence-electron chi connectivity index (χ1n) is 9.39. The van der Waals surface area contributed by atoms with Crippen LogP contribution in [0.5, 0.6) is 5.75 Å². The molecule has 0 heterocycles. The average Bonchev–Trinajstić information content (AvgIpc) is 2.68. The second kappa shape index (κ2) is 10.2. The monoisotopic (exact) mass is 453 g/mol. The molecule has 0 aliphatic carbocycles. The fourth-order valence-corrected chi connectivity index (χ4v) is 3.48. The first-order valence-corrected chi connectivity index (χ1v) is 10.1. The molecule has 0 aliphatic heterocycles. The zero-order valence-corrected chi connectivity index (χ0v) is 18.8. The maximum absolute atomic E-state index is 13.2. The van der Waals surface area contributed by atoms with Gasteiger partial charge in [-0.2, -0.15) is 0 Å². The molecular weight excluding hydrogens is 429 g/mol. The Morgan fingerprint density at radius 1 is 1.13 bits per heavy atom. The molecule has 0 spiro atoms. The number of ether oxygens (including phenoxy) is 2. The number of likely N-dealkylation sites (N-methyl/N-ethyl adjacent to an activating group) is 1. The van der Waals surface area contributed by atoms with E-state index in [9.17, 15) is 9.59 Å². The summed E-state index contributed by atoms with van der Waals surface area (Å²) in [5, 5.41) is 9.96. The Hall–Kier alpha value is -2.28. The maximum Gasteiger partial charge on any atom is 0.333 e. The van der Waals surface area contributed by atoms with Crippen molar-refractivity contribution in [1.29, 1.82) is 0 Å². The van der Waals surface area contributed by atoms with Crippen molar-refractivity contribution in [2.24, 2.45) is 0 Å². The van der Waals surface area contributed by atoms with Crippen molar-refractivity contribution in [3.63, 3.8) is 0 Å². The molecular formula is C22H25Cl2NO5. The van der Waals surface area contributed by atoms with Crippen LogP contribution < -0.4 is 9.64 Å². The second-order valence-electron chi connectivity index (χ2n) is 7.17. The highest BCUT2D eigenvalue weighted by Gasteiger charge is 2.35. The molecule has 2 aromatic carbocycles. The summed E-state index contributed by atoms with van der Waals surface area (Å²) in [7, 11) is 1.36. The van der Waals surface area contributed by atoms with Crippen LogP contribution in [0.25, 0.3) is 0 Å². The summed E-state index contributed by atoms with van der Waals surface area (Å²) in [6.45, 7) is 5.62. The van der Waals surface area contributed by atoms with E-state index in [1.54, 1.807) is 61.2 Å². The molecule has 0 aliphatic rings. The minimum atomic E-state index is -1.17. The molecule has 0 bridgehead atoms. The molecule has 0 fully saturated rings. The van der Waals surface area contributed by atoms with Crippen molar-refractivity contribution in [2.75, 3.05) is 18.6 Å². The van der Waals surface area contributed by atoms with Crippen molar-refractivity contribution in [3.8, 4) is 5.75 Å². The number of carbonyl (C=O) groups is 2. The highest BCUT2D eigenvalue weighted by molar-refractivity contribution is 6.36. The van der Waals surface area contributed by atoms with E-state index in [-0.39, 0.29) is 12.3 Å². The lowest BCUT2D eigenvalue weighted by atomic mass is 10.1. The molecule has 6 nitrogen and oxygen atoms in total. The van der Waals surface area contributed by atoms with Crippen molar-refractivity contribution in [1.82, 2.24) is 0 Å². The Bertz CT molecular complexity index is 899. The first-order chi connectivity index (χ1) is 14.1. The fraction of sp³-hybridized carbons (Fsp3) is 0.364. The minimum absolute atomic E-state index is 0.229. The third-order valence-corrected chi connectivity index (χ3v) is 5.09. The van der Waals surface area contributed by atoms with Gasteiger partial charge in [0.2, 0.25) is 0 Å². The van der Waals surface area contributed by atoms with E-state index in [1.807, 2.05) is 6.92 Å². The Morgan fingerprint density at radius 2 is 1.77 bits per heavy atom. The van der Waals surface area contributed by atoms with Gasteiger partial charge in [-0.1, -0.05) is 35.3 Å². The summed E-state index contributed by atoms with van der Waals surface area (Å²) in [5.41, 5.74) is 0.167. The van der Waals surface area contributed by atoms with Gasteiger partial charge in [-0.25, -0.2) is 4.79 Å². The van der Waals surface area contributed by atoms with Gasteiger partial charge in [0.25, 0.3) is 5.91 Å². The van der Waals surface area contributed by atoms with Crippen molar-refractivity contribution >= 4 is 40.8 Å². The number of hydrogen-bond acceptors (Lipinski definition) is 4. The molecule has 8 heteroatoms. The first kappa shape index (κ1) is 24.0. The third kappa shape index (κ3) is 5.88. The normalized spacial score (nSPS) is 12.3. The largest absolute Gasteiger partial charge is 0.479 e. The summed E-state index contributed by atoms with van der Waals surface area (Å²) >= 11 is 12.2. The molecule has 0 saturated heterocycles. The van der Waals surface area contributed by atoms with Crippen LogP contribution in [-0.2, 0) is 20.7 Å². The van der Waals surface area contributed by atoms with Crippen LogP contribution in [0.1, 0.15) is 26.3 Å². The van der Waals surface area contributed by atoms with Crippen LogP contribution in [-0.4, -0.2) is 42.3 Å². The number of carboxylic acid groups (broad SMARTS) is 1. The van der Waals surface area contributed by atoms with Gasteiger partial charge >= 0.3 is 5.97 Å². The number of carboxylic acids is 1. The van der Waals surface area contributed by atoms with Gasteiger partial charge in [0, 0.05) is 25.1 Å². The van der Waals surface area contributed by atoms with E-state index in [0.29, 0.717) is 28.0 Å². The van der Waals surface area contributed by atoms with Gasteiger partial charge in [-0.15, -0.1) is 0 Å². The Labute approximate surface area is 186 Å². The quantitative estimate of drug-likeness (QED) is 0.587. The number of carbonyl (C=O) groups excluding carboxylic acids is 1. The molecule has 162 valence electrons. The molecule has 2 aromatic rings. The van der Waals surface area contributed by atoms with Gasteiger partial charge in [0.1, 0.15) is 5.75 Å². The average molecular weight is 454 g/mol. The van der Waals surface area contributed by atoms with Crippen LogP contribution in [0.3, 0.4) is 0 Å². The van der Waals surface area contributed by atoms with E-state index in [0.717, 1.165) is 5.56 Å². The number of amides is 1. The van der Waals surface area contributed by atoms with Crippen LogP contribution in [0.15, 0.2) is 42.5 Å². The van der Waals surface area contributed by atoms with Gasteiger partial charge in [0.15, 0.2) is 11.7 Å².